The fraction of sp³-hybridized carbons (Fsp3) is 0.355. The smallest absolute Gasteiger partial charge is 0.123 e. The lowest BCUT2D eigenvalue weighted by Crippen LogP contribution is -2.52. The fourth-order valence-electron chi connectivity index (χ4n) is 5.41. The Labute approximate surface area is 205 Å². The van der Waals surface area contributed by atoms with Gasteiger partial charge in [0.25, 0.3) is 0 Å². The van der Waals surface area contributed by atoms with Gasteiger partial charge in [0.2, 0.25) is 0 Å². The predicted octanol–water partition coefficient (Wildman–Crippen LogP) is 6.70. The van der Waals surface area contributed by atoms with E-state index in [1.807, 2.05) is 0 Å². The zero-order chi connectivity index (χ0) is 23.6. The summed E-state index contributed by atoms with van der Waals surface area (Å²) >= 11 is 0. The quantitative estimate of drug-likeness (QED) is 0.300. The molecule has 1 fully saturated rings. The lowest BCUT2D eigenvalue weighted by Gasteiger charge is -2.45. The van der Waals surface area contributed by atoms with Gasteiger partial charge < -0.3 is 4.74 Å². The van der Waals surface area contributed by atoms with Gasteiger partial charge in [-0.25, -0.2) is 0 Å². The van der Waals surface area contributed by atoms with Crippen molar-refractivity contribution in [2.75, 3.05) is 13.7 Å². The summed E-state index contributed by atoms with van der Waals surface area (Å²) in [5, 5.41) is 0. The Morgan fingerprint density at radius 2 is 1.26 bits per heavy atom. The third-order valence-electron chi connectivity index (χ3n) is 7.02. The van der Waals surface area contributed by atoms with Crippen molar-refractivity contribution in [1.82, 2.24) is 9.80 Å². The second kappa shape index (κ2) is 12.5. The monoisotopic (exact) mass is 454 g/mol. The van der Waals surface area contributed by atoms with Crippen molar-refractivity contribution in [3.05, 3.63) is 114 Å². The van der Waals surface area contributed by atoms with Crippen LogP contribution in [0.3, 0.4) is 0 Å². The Hall–Kier alpha value is -2.88. The summed E-state index contributed by atoms with van der Waals surface area (Å²) in [4.78, 5) is 5.34. The van der Waals surface area contributed by atoms with E-state index in [0.717, 1.165) is 31.9 Å². The SMILES string of the molecule is C=CCN(Cc1ccccc1)[C@@H]1CCCC[C@H]1N(Cc1ccccc1)Cc1ccccc1OC. The molecule has 1 saturated carbocycles. The molecule has 3 heteroatoms. The molecular weight excluding hydrogens is 416 g/mol. The largest absolute Gasteiger partial charge is 0.496 e. The van der Waals surface area contributed by atoms with Crippen LogP contribution in [0, 0.1) is 0 Å². The van der Waals surface area contributed by atoms with Crippen LogP contribution in [-0.4, -0.2) is 35.5 Å². The third kappa shape index (κ3) is 6.37. The number of hydrogen-bond acceptors (Lipinski definition) is 3. The standard InChI is InChI=1S/C31H38N2O/c1-3-22-32(23-26-14-6-4-7-15-26)29-19-11-12-20-30(29)33(24-27-16-8-5-9-17-27)25-28-18-10-13-21-31(28)34-2/h3-10,13-18,21,29-30H,1,11-12,19-20,22-25H2,2H3/t29-,30-/m1/s1. The van der Waals surface area contributed by atoms with Crippen LogP contribution in [0.2, 0.25) is 0 Å². The molecule has 1 aliphatic rings. The van der Waals surface area contributed by atoms with Crippen molar-refractivity contribution in [3.8, 4) is 5.75 Å². The van der Waals surface area contributed by atoms with E-state index in [4.69, 9.17) is 4.74 Å². The highest BCUT2D eigenvalue weighted by Crippen LogP contribution is 2.32. The van der Waals surface area contributed by atoms with Crippen LogP contribution in [0.5, 0.6) is 5.75 Å². The normalized spacial score (nSPS) is 18.2. The van der Waals surface area contributed by atoms with Crippen LogP contribution in [0.4, 0.5) is 0 Å². The number of benzene rings is 3. The molecule has 1 aliphatic carbocycles. The van der Waals surface area contributed by atoms with E-state index in [1.165, 1.54) is 42.4 Å². The van der Waals surface area contributed by atoms with E-state index in [-0.39, 0.29) is 0 Å². The molecule has 3 aromatic carbocycles. The molecule has 0 bridgehead atoms. The molecule has 34 heavy (non-hydrogen) atoms. The first-order valence-corrected chi connectivity index (χ1v) is 12.6. The average molecular weight is 455 g/mol. The number of rotatable bonds is 11. The molecule has 2 atom stereocenters. The van der Waals surface area contributed by atoms with Crippen molar-refractivity contribution in [2.45, 2.75) is 57.4 Å². The van der Waals surface area contributed by atoms with Gasteiger partial charge >= 0.3 is 0 Å². The minimum atomic E-state index is 0.475. The van der Waals surface area contributed by atoms with E-state index in [2.05, 4.69) is 107 Å². The van der Waals surface area contributed by atoms with E-state index in [9.17, 15) is 0 Å². The number of nitrogens with zero attached hydrogens (tertiary/aromatic N) is 2. The zero-order valence-electron chi connectivity index (χ0n) is 20.5. The molecule has 0 unspecified atom stereocenters. The van der Waals surface area contributed by atoms with Gasteiger partial charge in [0.15, 0.2) is 0 Å². The van der Waals surface area contributed by atoms with Crippen LogP contribution < -0.4 is 4.74 Å². The number of para-hydroxylation sites is 1. The Morgan fingerprint density at radius 1 is 0.735 bits per heavy atom. The maximum atomic E-state index is 5.73. The van der Waals surface area contributed by atoms with Gasteiger partial charge in [-0.1, -0.05) is 97.8 Å². The Kier molecular flexibility index (Phi) is 8.95. The van der Waals surface area contributed by atoms with Crippen LogP contribution in [0.25, 0.3) is 0 Å². The summed E-state index contributed by atoms with van der Waals surface area (Å²) in [6.07, 6.45) is 7.08. The summed E-state index contributed by atoms with van der Waals surface area (Å²) in [5.74, 6) is 0.972. The van der Waals surface area contributed by atoms with Gasteiger partial charge in [-0.2, -0.15) is 0 Å². The first kappa shape index (κ1) is 24.3. The predicted molar refractivity (Wildman–Crippen MR) is 142 cm³/mol. The van der Waals surface area contributed by atoms with Gasteiger partial charge in [0.1, 0.15) is 5.75 Å². The second-order valence-corrected chi connectivity index (χ2v) is 9.33. The molecule has 0 radical (unpaired) electrons. The summed E-state index contributed by atoms with van der Waals surface area (Å²) in [6.45, 7) is 7.78. The highest BCUT2D eigenvalue weighted by molar-refractivity contribution is 5.33. The molecule has 178 valence electrons. The molecule has 3 aromatic rings. The van der Waals surface area contributed by atoms with E-state index in [0.29, 0.717) is 12.1 Å². The summed E-state index contributed by atoms with van der Waals surface area (Å²) in [6, 6.07) is 31.2. The van der Waals surface area contributed by atoms with E-state index >= 15 is 0 Å². The molecule has 0 aromatic heterocycles. The molecule has 4 rings (SSSR count). The fourth-order valence-corrected chi connectivity index (χ4v) is 5.41. The molecule has 0 spiro atoms. The first-order valence-electron chi connectivity index (χ1n) is 12.6. The molecule has 0 saturated heterocycles. The average Bonchev–Trinajstić information content (AvgIpc) is 2.89. The number of methoxy groups -OCH3 is 1. The van der Waals surface area contributed by atoms with Crippen molar-refractivity contribution >= 4 is 0 Å². The van der Waals surface area contributed by atoms with Crippen LogP contribution in [-0.2, 0) is 19.6 Å². The van der Waals surface area contributed by atoms with E-state index in [1.54, 1.807) is 7.11 Å². The van der Waals surface area contributed by atoms with Crippen molar-refractivity contribution in [3.63, 3.8) is 0 Å². The summed E-state index contributed by atoms with van der Waals surface area (Å²) < 4.78 is 5.73. The van der Waals surface area contributed by atoms with Gasteiger partial charge in [-0.3, -0.25) is 9.80 Å². The van der Waals surface area contributed by atoms with Gasteiger partial charge in [0, 0.05) is 43.8 Å². The highest BCUT2D eigenvalue weighted by atomic mass is 16.5. The molecule has 3 nitrogen and oxygen atoms in total. The van der Waals surface area contributed by atoms with Gasteiger partial charge in [-0.05, 0) is 30.0 Å². The third-order valence-corrected chi connectivity index (χ3v) is 7.02. The highest BCUT2D eigenvalue weighted by Gasteiger charge is 2.34. The molecule has 0 heterocycles. The second-order valence-electron chi connectivity index (χ2n) is 9.33. The van der Waals surface area contributed by atoms with Crippen molar-refractivity contribution in [1.29, 1.82) is 0 Å². The maximum Gasteiger partial charge on any atom is 0.123 e. The van der Waals surface area contributed by atoms with Gasteiger partial charge in [0.05, 0.1) is 7.11 Å². The molecule has 0 aliphatic heterocycles. The first-order chi connectivity index (χ1) is 16.8. The Morgan fingerprint density at radius 3 is 1.85 bits per heavy atom. The number of ether oxygens (including phenoxy) is 1. The summed E-state index contributed by atoms with van der Waals surface area (Å²) in [7, 11) is 1.77. The van der Waals surface area contributed by atoms with Crippen molar-refractivity contribution in [2.24, 2.45) is 0 Å². The number of hydrogen-bond donors (Lipinski definition) is 0. The topological polar surface area (TPSA) is 15.7 Å². The summed E-state index contributed by atoms with van der Waals surface area (Å²) in [5.41, 5.74) is 3.98. The maximum absolute atomic E-state index is 5.73. The van der Waals surface area contributed by atoms with E-state index < -0.39 is 0 Å². The van der Waals surface area contributed by atoms with Crippen LogP contribution in [0.15, 0.2) is 97.6 Å². The molecular formula is C31H38N2O. The van der Waals surface area contributed by atoms with Gasteiger partial charge in [-0.15, -0.1) is 6.58 Å². The lowest BCUT2D eigenvalue weighted by atomic mass is 9.87. The van der Waals surface area contributed by atoms with Crippen LogP contribution >= 0.6 is 0 Å². The Bertz CT molecular complexity index is 1000. The molecule has 0 amide bonds. The molecule has 0 N–H and O–H groups in total. The minimum absolute atomic E-state index is 0.475. The zero-order valence-corrected chi connectivity index (χ0v) is 20.5. The lowest BCUT2D eigenvalue weighted by molar-refractivity contribution is 0.0396. The van der Waals surface area contributed by atoms with Crippen LogP contribution in [0.1, 0.15) is 42.4 Å². The Balaban J connectivity index is 1.64. The van der Waals surface area contributed by atoms with Crippen molar-refractivity contribution < 1.29 is 4.74 Å². The minimum Gasteiger partial charge on any atom is -0.496 e.